The molecule has 2 heterocycles. The van der Waals surface area contributed by atoms with E-state index in [2.05, 4.69) is 15.3 Å². The van der Waals surface area contributed by atoms with Crippen molar-refractivity contribution in [2.45, 2.75) is 4.90 Å². The van der Waals surface area contributed by atoms with Crippen molar-refractivity contribution in [2.75, 3.05) is 16.7 Å². The zero-order valence-electron chi connectivity index (χ0n) is 19.4. The number of sulfonamides is 1. The predicted molar refractivity (Wildman–Crippen MR) is 141 cm³/mol. The summed E-state index contributed by atoms with van der Waals surface area (Å²) in [7, 11) is -2.33. The lowest BCUT2D eigenvalue weighted by atomic mass is 10.0. The van der Waals surface area contributed by atoms with Gasteiger partial charge in [0.15, 0.2) is 0 Å². The van der Waals surface area contributed by atoms with Crippen LogP contribution in [0.3, 0.4) is 0 Å². The van der Waals surface area contributed by atoms with E-state index in [1.54, 1.807) is 54.9 Å². The average Bonchev–Trinajstić information content (AvgIpc) is 2.93. The number of carbonyl (C=O) groups is 1. The number of rotatable bonds is 6. The Morgan fingerprint density at radius 2 is 1.64 bits per heavy atom. The lowest BCUT2D eigenvalue weighted by Gasteiger charge is -2.20. The van der Waals surface area contributed by atoms with Crippen molar-refractivity contribution in [2.24, 2.45) is 0 Å². The van der Waals surface area contributed by atoms with Gasteiger partial charge < -0.3 is 5.32 Å². The summed E-state index contributed by atoms with van der Waals surface area (Å²) in [6.45, 7) is 0. The van der Waals surface area contributed by atoms with Crippen LogP contribution in [0.2, 0.25) is 0 Å². The van der Waals surface area contributed by atoms with Gasteiger partial charge in [0, 0.05) is 36.1 Å². The minimum atomic E-state index is -3.83. The van der Waals surface area contributed by atoms with Crippen molar-refractivity contribution in [1.82, 2.24) is 9.97 Å². The van der Waals surface area contributed by atoms with Crippen molar-refractivity contribution in [3.05, 3.63) is 115 Å². The molecule has 3 aromatic carbocycles. The first-order valence-electron chi connectivity index (χ1n) is 11.2. The van der Waals surface area contributed by atoms with Gasteiger partial charge in [0.1, 0.15) is 0 Å². The first-order valence-corrected chi connectivity index (χ1v) is 12.6. The molecule has 0 aliphatic rings. The fourth-order valence-electron chi connectivity index (χ4n) is 3.89. The van der Waals surface area contributed by atoms with Crippen LogP contribution < -0.4 is 9.62 Å². The number of anilines is 2. The Kier molecular flexibility index (Phi) is 6.18. The molecule has 1 N–H and O–H groups in total. The monoisotopic (exact) mass is 494 g/mol. The molecule has 1 amide bonds. The SMILES string of the molecule is CN(c1ccccc1)S(=O)(=O)c1cccc(NC(=O)c2cc(-c3cccnc3)nc3ccccc23)c1. The summed E-state index contributed by atoms with van der Waals surface area (Å²) in [6.07, 6.45) is 3.37. The van der Waals surface area contributed by atoms with Crippen LogP contribution >= 0.6 is 0 Å². The molecule has 5 aromatic rings. The minimum Gasteiger partial charge on any atom is -0.322 e. The number of hydrogen-bond acceptors (Lipinski definition) is 5. The highest BCUT2D eigenvalue weighted by molar-refractivity contribution is 7.92. The third-order valence-electron chi connectivity index (χ3n) is 5.79. The van der Waals surface area contributed by atoms with E-state index in [9.17, 15) is 13.2 Å². The van der Waals surface area contributed by atoms with Crippen molar-refractivity contribution in [3.8, 4) is 11.3 Å². The minimum absolute atomic E-state index is 0.0716. The number of hydrogen-bond donors (Lipinski definition) is 1. The second kappa shape index (κ2) is 9.59. The van der Waals surface area contributed by atoms with Crippen molar-refractivity contribution < 1.29 is 13.2 Å². The standard InChI is InChI=1S/C28H22N4O3S/c1-32(22-11-3-2-4-12-22)36(34,35)23-13-7-10-21(17-23)30-28(33)25-18-27(20-9-8-16-29-19-20)31-26-15-6-5-14-24(25)26/h2-19H,1H3,(H,30,33). The average molecular weight is 495 g/mol. The van der Waals surface area contributed by atoms with Gasteiger partial charge in [0.25, 0.3) is 15.9 Å². The molecule has 8 heteroatoms. The molecule has 0 saturated heterocycles. The molecule has 2 aromatic heterocycles. The van der Waals surface area contributed by atoms with Crippen LogP contribution in [-0.2, 0) is 10.0 Å². The summed E-state index contributed by atoms with van der Waals surface area (Å²) < 4.78 is 27.6. The van der Waals surface area contributed by atoms with Crippen LogP contribution in [0, 0.1) is 0 Å². The number of carbonyl (C=O) groups excluding carboxylic acids is 1. The van der Waals surface area contributed by atoms with Crippen LogP contribution in [0.4, 0.5) is 11.4 Å². The zero-order valence-corrected chi connectivity index (χ0v) is 20.2. The van der Waals surface area contributed by atoms with E-state index in [1.807, 2.05) is 42.5 Å². The summed E-state index contributed by atoms with van der Waals surface area (Å²) in [5.74, 6) is -0.371. The maximum absolute atomic E-state index is 13.4. The molecule has 36 heavy (non-hydrogen) atoms. The van der Waals surface area contributed by atoms with Gasteiger partial charge in [-0.3, -0.25) is 14.1 Å². The van der Waals surface area contributed by atoms with E-state index in [0.29, 0.717) is 33.5 Å². The van der Waals surface area contributed by atoms with Crippen molar-refractivity contribution >= 4 is 38.2 Å². The maximum Gasteiger partial charge on any atom is 0.264 e. The number of aromatic nitrogens is 2. The van der Waals surface area contributed by atoms with Crippen LogP contribution in [0.25, 0.3) is 22.2 Å². The number of nitrogens with one attached hydrogen (secondary N) is 1. The Labute approximate surface area is 209 Å². The molecule has 0 saturated carbocycles. The van der Waals surface area contributed by atoms with Crippen LogP contribution in [0.15, 0.2) is 114 Å². The number of pyridine rings is 2. The van der Waals surface area contributed by atoms with Gasteiger partial charge in [0.2, 0.25) is 0 Å². The Bertz CT molecular complexity index is 1660. The lowest BCUT2D eigenvalue weighted by Crippen LogP contribution is -2.26. The van der Waals surface area contributed by atoms with Gasteiger partial charge in [-0.25, -0.2) is 13.4 Å². The molecule has 0 fully saturated rings. The van der Waals surface area contributed by atoms with Gasteiger partial charge in [0.05, 0.1) is 27.4 Å². The summed E-state index contributed by atoms with van der Waals surface area (Å²) in [5.41, 5.74) is 3.41. The summed E-state index contributed by atoms with van der Waals surface area (Å²) in [5, 5.41) is 3.54. The van der Waals surface area contributed by atoms with Crippen LogP contribution in [0.1, 0.15) is 10.4 Å². The smallest absolute Gasteiger partial charge is 0.264 e. The van der Waals surface area contributed by atoms with Crippen molar-refractivity contribution in [1.29, 1.82) is 0 Å². The predicted octanol–water partition coefficient (Wildman–Crippen LogP) is 5.37. The Morgan fingerprint density at radius 1 is 0.861 bits per heavy atom. The van der Waals surface area contributed by atoms with E-state index in [1.165, 1.54) is 23.5 Å². The maximum atomic E-state index is 13.4. The van der Waals surface area contributed by atoms with E-state index < -0.39 is 10.0 Å². The molecule has 7 nitrogen and oxygen atoms in total. The quantitative estimate of drug-likeness (QED) is 0.342. The molecule has 0 aliphatic heterocycles. The molecule has 5 rings (SSSR count). The fraction of sp³-hybridized carbons (Fsp3) is 0.0357. The Balaban J connectivity index is 1.49. The van der Waals surface area contributed by atoms with Gasteiger partial charge in [-0.05, 0) is 54.6 Å². The first kappa shape index (κ1) is 23.2. The zero-order chi connectivity index (χ0) is 25.1. The highest BCUT2D eigenvalue weighted by Crippen LogP contribution is 2.27. The molecule has 0 bridgehead atoms. The number of para-hydroxylation sites is 2. The molecular formula is C28H22N4O3S. The fourth-order valence-corrected chi connectivity index (χ4v) is 5.13. The molecule has 0 atom stereocenters. The summed E-state index contributed by atoms with van der Waals surface area (Å²) >= 11 is 0. The summed E-state index contributed by atoms with van der Waals surface area (Å²) in [4.78, 5) is 22.3. The van der Waals surface area contributed by atoms with Gasteiger partial charge in [-0.15, -0.1) is 0 Å². The number of amides is 1. The third-order valence-corrected chi connectivity index (χ3v) is 7.57. The largest absolute Gasteiger partial charge is 0.322 e. The molecule has 0 aliphatic carbocycles. The lowest BCUT2D eigenvalue weighted by molar-refractivity contribution is 0.102. The van der Waals surface area contributed by atoms with Gasteiger partial charge in [-0.2, -0.15) is 0 Å². The molecule has 178 valence electrons. The number of nitrogens with zero attached hydrogens (tertiary/aromatic N) is 3. The molecule has 0 unspecified atom stereocenters. The topological polar surface area (TPSA) is 92.3 Å². The van der Waals surface area contributed by atoms with E-state index >= 15 is 0 Å². The van der Waals surface area contributed by atoms with Gasteiger partial charge in [-0.1, -0.05) is 42.5 Å². The van der Waals surface area contributed by atoms with Crippen molar-refractivity contribution in [3.63, 3.8) is 0 Å². The summed E-state index contributed by atoms with van der Waals surface area (Å²) in [6, 6.07) is 27.8. The second-order valence-electron chi connectivity index (χ2n) is 8.10. The second-order valence-corrected chi connectivity index (χ2v) is 10.1. The Morgan fingerprint density at radius 3 is 2.42 bits per heavy atom. The number of fused-ring (bicyclic) bond motifs is 1. The highest BCUT2D eigenvalue weighted by atomic mass is 32.2. The molecular weight excluding hydrogens is 472 g/mol. The highest BCUT2D eigenvalue weighted by Gasteiger charge is 2.22. The van der Waals surface area contributed by atoms with E-state index in [4.69, 9.17) is 0 Å². The number of benzene rings is 3. The normalized spacial score (nSPS) is 11.2. The Hall–Kier alpha value is -4.56. The van der Waals surface area contributed by atoms with E-state index in [0.717, 1.165) is 5.56 Å². The van der Waals surface area contributed by atoms with Crippen LogP contribution in [0.5, 0.6) is 0 Å². The van der Waals surface area contributed by atoms with Crippen LogP contribution in [-0.4, -0.2) is 31.3 Å². The van der Waals surface area contributed by atoms with Gasteiger partial charge >= 0.3 is 0 Å². The molecule has 0 radical (unpaired) electrons. The van der Waals surface area contributed by atoms with E-state index in [-0.39, 0.29) is 10.8 Å². The first-order chi connectivity index (χ1) is 17.4. The molecule has 0 spiro atoms. The third kappa shape index (κ3) is 4.54.